The van der Waals surface area contributed by atoms with Gasteiger partial charge in [-0.3, -0.25) is 4.79 Å². The Morgan fingerprint density at radius 3 is 2.30 bits per heavy atom. The van der Waals surface area contributed by atoms with E-state index in [1.165, 1.54) is 35.5 Å². The van der Waals surface area contributed by atoms with Gasteiger partial charge in [-0.25, -0.2) is 13.2 Å². The van der Waals surface area contributed by atoms with Gasteiger partial charge in [0.05, 0.1) is 11.3 Å². The van der Waals surface area contributed by atoms with Crippen LogP contribution >= 0.6 is 0 Å². The molecule has 0 radical (unpaired) electrons. The third-order valence-electron chi connectivity index (χ3n) is 3.84. The van der Waals surface area contributed by atoms with Gasteiger partial charge < -0.3 is 10.0 Å². The number of carbonyl (C=O) groups excluding carboxylic acids is 1. The number of benzene rings is 1. The largest absolute Gasteiger partial charge is 0.478 e. The molecule has 0 unspecified atom stereocenters. The highest BCUT2D eigenvalue weighted by Gasteiger charge is 2.26. The Bertz CT molecular complexity index is 684. The summed E-state index contributed by atoms with van der Waals surface area (Å²) in [6.45, 7) is 3.11. The Kier molecular flexibility index (Phi) is 5.38. The number of amides is 1. The summed E-state index contributed by atoms with van der Waals surface area (Å²) in [5, 5.41) is 8.85. The van der Waals surface area contributed by atoms with Crippen LogP contribution < -0.4 is 0 Å². The third-order valence-corrected chi connectivity index (χ3v) is 5.69. The normalized spacial score (nSPS) is 16.8. The quantitative estimate of drug-likeness (QED) is 0.873. The van der Waals surface area contributed by atoms with Crippen LogP contribution in [-0.4, -0.2) is 60.8 Å². The van der Waals surface area contributed by atoms with Crippen molar-refractivity contribution in [3.63, 3.8) is 0 Å². The predicted molar refractivity (Wildman–Crippen MR) is 84.5 cm³/mol. The maximum absolute atomic E-state index is 12.5. The molecule has 0 spiro atoms. The molecule has 0 bridgehead atoms. The Morgan fingerprint density at radius 2 is 1.74 bits per heavy atom. The summed E-state index contributed by atoms with van der Waals surface area (Å²) < 4.78 is 26.4. The number of hydrogen-bond donors (Lipinski definition) is 1. The summed E-state index contributed by atoms with van der Waals surface area (Å²) in [5.74, 6) is -1.27. The average molecular weight is 340 g/mol. The van der Waals surface area contributed by atoms with E-state index in [2.05, 4.69) is 0 Å². The smallest absolute Gasteiger partial charge is 0.335 e. The molecule has 2 rings (SSSR count). The fourth-order valence-corrected chi connectivity index (χ4v) is 4.10. The number of carboxylic acids is 1. The van der Waals surface area contributed by atoms with E-state index in [1.54, 1.807) is 4.90 Å². The van der Waals surface area contributed by atoms with Crippen LogP contribution in [0.1, 0.15) is 29.3 Å². The second kappa shape index (κ2) is 7.10. The molecule has 1 fully saturated rings. The zero-order valence-electron chi connectivity index (χ0n) is 12.9. The van der Waals surface area contributed by atoms with Crippen LogP contribution in [0.3, 0.4) is 0 Å². The molecule has 0 aromatic heterocycles. The molecule has 1 aliphatic rings. The molecular formula is C15H20N2O5S. The van der Waals surface area contributed by atoms with Crippen molar-refractivity contribution in [2.75, 3.05) is 26.2 Å². The van der Waals surface area contributed by atoms with Crippen molar-refractivity contribution in [2.45, 2.75) is 19.1 Å². The van der Waals surface area contributed by atoms with Gasteiger partial charge in [0.2, 0.25) is 15.9 Å². The van der Waals surface area contributed by atoms with Crippen LogP contribution in [0, 0.1) is 0 Å². The Morgan fingerprint density at radius 1 is 1.09 bits per heavy atom. The lowest BCUT2D eigenvalue weighted by Gasteiger charge is -2.21. The number of aromatic carboxylic acids is 1. The summed E-state index contributed by atoms with van der Waals surface area (Å²) in [4.78, 5) is 23.9. The first-order valence-electron chi connectivity index (χ1n) is 7.35. The van der Waals surface area contributed by atoms with Crippen molar-refractivity contribution >= 4 is 21.9 Å². The van der Waals surface area contributed by atoms with Crippen molar-refractivity contribution in [1.29, 1.82) is 0 Å². The monoisotopic (exact) mass is 340 g/mol. The Balaban J connectivity index is 2.06. The highest BCUT2D eigenvalue weighted by Crippen LogP contribution is 2.15. The number of carboxylic acid groups (broad SMARTS) is 1. The summed E-state index contributed by atoms with van der Waals surface area (Å²) in [6, 6.07) is 5.82. The zero-order valence-corrected chi connectivity index (χ0v) is 13.8. The number of carbonyl (C=O) groups is 2. The average Bonchev–Trinajstić information content (AvgIpc) is 2.74. The van der Waals surface area contributed by atoms with Crippen molar-refractivity contribution < 1.29 is 23.1 Å². The fraction of sp³-hybridized carbons (Fsp3) is 0.467. The predicted octanol–water partition coefficient (Wildman–Crippen LogP) is 0.769. The lowest BCUT2D eigenvalue weighted by atomic mass is 10.1. The lowest BCUT2D eigenvalue weighted by molar-refractivity contribution is -0.128. The molecule has 1 aromatic rings. The molecule has 1 aliphatic heterocycles. The van der Waals surface area contributed by atoms with E-state index in [4.69, 9.17) is 5.11 Å². The van der Waals surface area contributed by atoms with E-state index in [0.29, 0.717) is 31.6 Å². The van der Waals surface area contributed by atoms with Crippen molar-refractivity contribution in [2.24, 2.45) is 0 Å². The number of sulfonamides is 1. The van der Waals surface area contributed by atoms with E-state index in [-0.39, 0.29) is 23.8 Å². The van der Waals surface area contributed by atoms with Gasteiger partial charge in [-0.1, -0.05) is 12.1 Å². The summed E-state index contributed by atoms with van der Waals surface area (Å²) in [7, 11) is -3.49. The minimum Gasteiger partial charge on any atom is -0.478 e. The first-order chi connectivity index (χ1) is 10.8. The summed E-state index contributed by atoms with van der Waals surface area (Å²) in [5.41, 5.74) is 0.667. The molecule has 1 heterocycles. The molecule has 7 nitrogen and oxygen atoms in total. The molecule has 0 atom stereocenters. The SMILES string of the molecule is CC(=O)N1CCCN(S(=O)(=O)Cc2ccc(C(=O)O)cc2)CC1. The first kappa shape index (κ1) is 17.4. The molecule has 1 N–H and O–H groups in total. The summed E-state index contributed by atoms with van der Waals surface area (Å²) in [6.07, 6.45) is 0.608. The standard InChI is InChI=1S/C15H20N2O5S/c1-12(18)16-7-2-8-17(10-9-16)23(21,22)11-13-3-5-14(6-4-13)15(19)20/h3-6H,2,7-11H2,1H3,(H,19,20). The molecule has 1 saturated heterocycles. The highest BCUT2D eigenvalue weighted by atomic mass is 32.2. The minimum absolute atomic E-state index is 0.0477. The van der Waals surface area contributed by atoms with Gasteiger partial charge in [0.25, 0.3) is 0 Å². The van der Waals surface area contributed by atoms with Gasteiger partial charge in [-0.15, -0.1) is 0 Å². The first-order valence-corrected chi connectivity index (χ1v) is 8.96. The Labute approximate surface area is 135 Å². The van der Waals surface area contributed by atoms with E-state index < -0.39 is 16.0 Å². The molecule has 0 aliphatic carbocycles. The van der Waals surface area contributed by atoms with Crippen LogP contribution in [-0.2, 0) is 20.6 Å². The van der Waals surface area contributed by atoms with Gasteiger partial charge in [0.1, 0.15) is 0 Å². The van der Waals surface area contributed by atoms with Gasteiger partial charge in [-0.05, 0) is 24.1 Å². The topological polar surface area (TPSA) is 95.0 Å². The van der Waals surface area contributed by atoms with E-state index in [9.17, 15) is 18.0 Å². The van der Waals surface area contributed by atoms with Crippen LogP contribution in [0.2, 0.25) is 0 Å². The molecular weight excluding hydrogens is 320 g/mol. The molecule has 1 amide bonds. The molecule has 23 heavy (non-hydrogen) atoms. The molecule has 0 saturated carbocycles. The Hall–Kier alpha value is -1.93. The summed E-state index contributed by atoms with van der Waals surface area (Å²) >= 11 is 0. The van der Waals surface area contributed by atoms with Crippen molar-refractivity contribution in [1.82, 2.24) is 9.21 Å². The molecule has 1 aromatic carbocycles. The number of rotatable bonds is 4. The molecule has 126 valence electrons. The van der Waals surface area contributed by atoms with Crippen LogP contribution in [0.15, 0.2) is 24.3 Å². The van der Waals surface area contributed by atoms with Crippen LogP contribution in [0.4, 0.5) is 0 Å². The minimum atomic E-state index is -3.49. The van der Waals surface area contributed by atoms with Crippen LogP contribution in [0.5, 0.6) is 0 Å². The number of nitrogens with zero attached hydrogens (tertiary/aromatic N) is 2. The maximum atomic E-state index is 12.5. The second-order valence-electron chi connectivity index (χ2n) is 5.52. The van der Waals surface area contributed by atoms with Gasteiger partial charge in [-0.2, -0.15) is 4.31 Å². The van der Waals surface area contributed by atoms with Gasteiger partial charge in [0.15, 0.2) is 0 Å². The van der Waals surface area contributed by atoms with Crippen LogP contribution in [0.25, 0.3) is 0 Å². The fourth-order valence-electron chi connectivity index (χ4n) is 2.53. The van der Waals surface area contributed by atoms with E-state index in [1.807, 2.05) is 0 Å². The maximum Gasteiger partial charge on any atom is 0.335 e. The third kappa shape index (κ3) is 4.52. The highest BCUT2D eigenvalue weighted by molar-refractivity contribution is 7.88. The van der Waals surface area contributed by atoms with E-state index >= 15 is 0 Å². The lowest BCUT2D eigenvalue weighted by Crippen LogP contribution is -2.37. The van der Waals surface area contributed by atoms with Crippen molar-refractivity contribution in [3.05, 3.63) is 35.4 Å². The molecule has 8 heteroatoms. The van der Waals surface area contributed by atoms with Crippen molar-refractivity contribution in [3.8, 4) is 0 Å². The zero-order chi connectivity index (χ0) is 17.0. The van der Waals surface area contributed by atoms with Gasteiger partial charge >= 0.3 is 5.97 Å². The van der Waals surface area contributed by atoms with Gasteiger partial charge in [0, 0.05) is 33.1 Å². The second-order valence-corrected chi connectivity index (χ2v) is 7.49. The van der Waals surface area contributed by atoms with E-state index in [0.717, 1.165) is 0 Å². The number of hydrogen-bond acceptors (Lipinski definition) is 4.